The molecule has 88 valence electrons. The number of primary amides is 1. The van der Waals surface area contributed by atoms with Gasteiger partial charge in [0.15, 0.2) is 6.19 Å². The van der Waals surface area contributed by atoms with Crippen LogP contribution in [0.5, 0.6) is 0 Å². The number of hydrogen-bond donors (Lipinski definition) is 1. The first-order valence-corrected chi connectivity index (χ1v) is 5.16. The topological polar surface area (TPSA) is 87.2 Å². The zero-order valence-electron chi connectivity index (χ0n) is 9.30. The van der Waals surface area contributed by atoms with Gasteiger partial charge in [-0.2, -0.15) is 5.26 Å². The Morgan fingerprint density at radius 3 is 2.47 bits per heavy atom. The van der Waals surface area contributed by atoms with Gasteiger partial charge in [0.2, 0.25) is 11.8 Å². The van der Waals surface area contributed by atoms with E-state index in [4.69, 9.17) is 11.0 Å². The minimum atomic E-state index is -0.695. The Kier molecular flexibility index (Phi) is 4.70. The second-order valence-corrected chi connectivity index (χ2v) is 3.53. The van der Waals surface area contributed by atoms with Crippen molar-refractivity contribution in [3.05, 3.63) is 35.9 Å². The van der Waals surface area contributed by atoms with E-state index >= 15 is 0 Å². The summed E-state index contributed by atoms with van der Waals surface area (Å²) in [5, 5.41) is 8.69. The Labute approximate surface area is 99.4 Å². The van der Waals surface area contributed by atoms with Crippen LogP contribution in [0.4, 0.5) is 0 Å². The summed E-state index contributed by atoms with van der Waals surface area (Å²) in [5.41, 5.74) is 5.94. The largest absolute Gasteiger partial charge is 0.368 e. The Morgan fingerprint density at radius 2 is 1.94 bits per heavy atom. The number of nitrogens with zero attached hydrogens (tertiary/aromatic N) is 2. The van der Waals surface area contributed by atoms with Gasteiger partial charge in [0.25, 0.3) is 0 Å². The summed E-state index contributed by atoms with van der Waals surface area (Å²) >= 11 is 0. The number of hydrogen-bond acceptors (Lipinski definition) is 3. The van der Waals surface area contributed by atoms with Gasteiger partial charge in [-0.15, -0.1) is 0 Å². The fourth-order valence-electron chi connectivity index (χ4n) is 1.37. The second kappa shape index (κ2) is 6.28. The first-order valence-electron chi connectivity index (χ1n) is 5.16. The van der Waals surface area contributed by atoms with Crippen molar-refractivity contribution in [3.63, 3.8) is 0 Å². The maximum absolute atomic E-state index is 11.6. The molecule has 0 spiro atoms. The molecule has 0 heterocycles. The van der Waals surface area contributed by atoms with Crippen LogP contribution in [0.2, 0.25) is 0 Å². The van der Waals surface area contributed by atoms with E-state index < -0.39 is 11.8 Å². The van der Waals surface area contributed by atoms with Gasteiger partial charge in [0.1, 0.15) is 6.54 Å². The smallest absolute Gasteiger partial charge is 0.238 e. The molecule has 0 atom stereocenters. The molecule has 1 rings (SSSR count). The monoisotopic (exact) mass is 231 g/mol. The molecule has 0 unspecified atom stereocenters. The molecule has 0 aliphatic heterocycles. The zero-order chi connectivity index (χ0) is 12.7. The van der Waals surface area contributed by atoms with Gasteiger partial charge >= 0.3 is 0 Å². The molecule has 2 amide bonds. The highest BCUT2D eigenvalue weighted by Crippen LogP contribution is 2.04. The SMILES string of the molecule is N#CN(CC(N)=O)C(=O)CCc1ccccc1. The lowest BCUT2D eigenvalue weighted by Gasteiger charge is -2.11. The van der Waals surface area contributed by atoms with E-state index in [0.717, 1.165) is 10.5 Å². The van der Waals surface area contributed by atoms with Crippen LogP contribution < -0.4 is 5.73 Å². The van der Waals surface area contributed by atoms with Crippen molar-refractivity contribution >= 4 is 11.8 Å². The summed E-state index contributed by atoms with van der Waals surface area (Å²) < 4.78 is 0. The summed E-state index contributed by atoms with van der Waals surface area (Å²) in [6.07, 6.45) is 2.38. The van der Waals surface area contributed by atoms with E-state index in [1.165, 1.54) is 0 Å². The fourth-order valence-corrected chi connectivity index (χ4v) is 1.37. The van der Waals surface area contributed by atoms with Crippen LogP contribution in [0.1, 0.15) is 12.0 Å². The predicted octanol–water partition coefficient (Wildman–Crippen LogP) is 0.414. The van der Waals surface area contributed by atoms with Crippen molar-refractivity contribution in [3.8, 4) is 6.19 Å². The summed E-state index contributed by atoms with van der Waals surface area (Å²) in [5.74, 6) is -1.09. The standard InChI is InChI=1S/C12H13N3O2/c13-9-15(8-11(14)16)12(17)7-6-10-4-2-1-3-5-10/h1-5H,6-8H2,(H2,14,16). The van der Waals surface area contributed by atoms with Crippen molar-refractivity contribution in [2.24, 2.45) is 5.73 Å². The Hall–Kier alpha value is -2.35. The number of aryl methyl sites for hydroxylation is 1. The summed E-state index contributed by atoms with van der Waals surface area (Å²) in [4.78, 5) is 23.0. The highest BCUT2D eigenvalue weighted by Gasteiger charge is 2.14. The van der Waals surface area contributed by atoms with Gasteiger partial charge < -0.3 is 5.73 Å². The second-order valence-electron chi connectivity index (χ2n) is 3.53. The van der Waals surface area contributed by atoms with Gasteiger partial charge in [0, 0.05) is 6.42 Å². The maximum Gasteiger partial charge on any atom is 0.238 e. The van der Waals surface area contributed by atoms with Gasteiger partial charge in [-0.1, -0.05) is 30.3 Å². The lowest BCUT2D eigenvalue weighted by molar-refractivity contribution is -0.132. The number of rotatable bonds is 5. The highest BCUT2D eigenvalue weighted by atomic mass is 16.2. The number of nitriles is 1. The van der Waals surface area contributed by atoms with Crippen LogP contribution in [0.15, 0.2) is 30.3 Å². The molecular formula is C12H13N3O2. The van der Waals surface area contributed by atoms with Crippen LogP contribution in [0, 0.1) is 11.5 Å². The Balaban J connectivity index is 2.49. The lowest BCUT2D eigenvalue weighted by Crippen LogP contribution is -2.35. The molecular weight excluding hydrogens is 218 g/mol. The number of carbonyl (C=O) groups excluding carboxylic acids is 2. The molecule has 0 bridgehead atoms. The lowest BCUT2D eigenvalue weighted by atomic mass is 10.1. The third kappa shape index (κ3) is 4.34. The molecule has 0 radical (unpaired) electrons. The molecule has 0 saturated carbocycles. The Bertz CT molecular complexity index is 437. The van der Waals surface area contributed by atoms with Crippen LogP contribution in [0.25, 0.3) is 0 Å². The van der Waals surface area contributed by atoms with Crippen molar-refractivity contribution in [1.29, 1.82) is 5.26 Å². The van der Waals surface area contributed by atoms with Crippen LogP contribution in [-0.2, 0) is 16.0 Å². The zero-order valence-corrected chi connectivity index (χ0v) is 9.30. The normalized spacial score (nSPS) is 9.35. The Morgan fingerprint density at radius 1 is 1.29 bits per heavy atom. The number of amides is 2. The van der Waals surface area contributed by atoms with Crippen molar-refractivity contribution in [2.45, 2.75) is 12.8 Å². The summed E-state index contributed by atoms with van der Waals surface area (Å²) in [6.45, 7) is -0.357. The molecule has 1 aromatic rings. The number of carbonyl (C=O) groups is 2. The van der Waals surface area contributed by atoms with E-state index in [9.17, 15) is 9.59 Å². The van der Waals surface area contributed by atoms with Crippen molar-refractivity contribution in [2.75, 3.05) is 6.54 Å². The van der Waals surface area contributed by atoms with Crippen LogP contribution in [-0.4, -0.2) is 23.3 Å². The van der Waals surface area contributed by atoms with Crippen LogP contribution >= 0.6 is 0 Å². The minimum Gasteiger partial charge on any atom is -0.368 e. The van der Waals surface area contributed by atoms with Crippen LogP contribution in [0.3, 0.4) is 0 Å². The quantitative estimate of drug-likeness (QED) is 0.588. The molecule has 17 heavy (non-hydrogen) atoms. The summed E-state index contributed by atoms with van der Waals surface area (Å²) in [7, 11) is 0. The number of nitrogens with two attached hydrogens (primary N) is 1. The van der Waals surface area contributed by atoms with E-state index in [1.54, 1.807) is 6.19 Å². The third-order valence-electron chi connectivity index (χ3n) is 2.21. The molecule has 5 heteroatoms. The molecule has 2 N–H and O–H groups in total. The highest BCUT2D eigenvalue weighted by molar-refractivity contribution is 5.85. The fraction of sp³-hybridized carbons (Fsp3) is 0.250. The maximum atomic E-state index is 11.6. The molecule has 5 nitrogen and oxygen atoms in total. The van der Waals surface area contributed by atoms with E-state index in [1.807, 2.05) is 30.3 Å². The molecule has 1 aromatic carbocycles. The molecule has 0 aliphatic rings. The molecule has 0 aliphatic carbocycles. The van der Waals surface area contributed by atoms with E-state index in [-0.39, 0.29) is 13.0 Å². The molecule has 0 fully saturated rings. The predicted molar refractivity (Wildman–Crippen MR) is 61.3 cm³/mol. The van der Waals surface area contributed by atoms with Gasteiger partial charge in [-0.3, -0.25) is 9.59 Å². The molecule has 0 saturated heterocycles. The van der Waals surface area contributed by atoms with Gasteiger partial charge in [0.05, 0.1) is 0 Å². The van der Waals surface area contributed by atoms with E-state index in [2.05, 4.69) is 0 Å². The van der Waals surface area contributed by atoms with Gasteiger partial charge in [-0.25, -0.2) is 4.90 Å². The third-order valence-corrected chi connectivity index (χ3v) is 2.21. The average molecular weight is 231 g/mol. The van der Waals surface area contributed by atoms with E-state index in [0.29, 0.717) is 6.42 Å². The van der Waals surface area contributed by atoms with Gasteiger partial charge in [-0.05, 0) is 12.0 Å². The van der Waals surface area contributed by atoms with Crippen molar-refractivity contribution in [1.82, 2.24) is 4.90 Å². The minimum absolute atomic E-state index is 0.185. The number of benzene rings is 1. The first-order chi connectivity index (χ1) is 8.13. The summed E-state index contributed by atoms with van der Waals surface area (Å²) in [6, 6.07) is 9.45. The first kappa shape index (κ1) is 12.7. The van der Waals surface area contributed by atoms with Crippen molar-refractivity contribution < 1.29 is 9.59 Å². The average Bonchev–Trinajstić information content (AvgIpc) is 2.34. The molecule has 0 aromatic heterocycles.